The summed E-state index contributed by atoms with van der Waals surface area (Å²) in [7, 11) is 0. The zero-order valence-corrected chi connectivity index (χ0v) is 9.58. The molecule has 2 nitrogen and oxygen atoms in total. The number of nitrogens with one attached hydrogen (secondary N) is 1. The van der Waals surface area contributed by atoms with E-state index in [0.717, 1.165) is 19.4 Å². The summed E-state index contributed by atoms with van der Waals surface area (Å²) in [5.74, 6) is -0.175. The number of ether oxygens (including phenoxy) is 1. The van der Waals surface area contributed by atoms with Crippen molar-refractivity contribution in [2.75, 3.05) is 13.1 Å². The molecule has 1 saturated heterocycles. The average Bonchev–Trinajstić information content (AvgIpc) is 2.30. The first kappa shape index (κ1) is 11.6. The molecule has 88 valence electrons. The van der Waals surface area contributed by atoms with Crippen molar-refractivity contribution in [3.8, 4) is 0 Å². The second kappa shape index (κ2) is 5.41. The lowest BCUT2D eigenvalue weighted by atomic mass is 10.1. The highest BCUT2D eigenvalue weighted by molar-refractivity contribution is 5.20. The maximum Gasteiger partial charge on any atom is 0.129 e. The molecule has 0 spiro atoms. The van der Waals surface area contributed by atoms with Crippen LogP contribution in [0.4, 0.5) is 4.39 Å². The van der Waals surface area contributed by atoms with Gasteiger partial charge < -0.3 is 10.1 Å². The molecule has 2 unspecified atom stereocenters. The van der Waals surface area contributed by atoms with E-state index in [1.165, 1.54) is 6.07 Å². The Kier molecular flexibility index (Phi) is 3.91. The van der Waals surface area contributed by atoms with Gasteiger partial charge in [-0.05, 0) is 12.5 Å². The highest BCUT2D eigenvalue weighted by Crippen LogP contribution is 2.24. The van der Waals surface area contributed by atoms with Crippen LogP contribution >= 0.6 is 0 Å². The van der Waals surface area contributed by atoms with Crippen molar-refractivity contribution >= 4 is 0 Å². The Bertz CT molecular complexity index is 340. The quantitative estimate of drug-likeness (QED) is 0.850. The van der Waals surface area contributed by atoms with Crippen LogP contribution in [0.2, 0.25) is 0 Å². The van der Waals surface area contributed by atoms with E-state index in [1.807, 2.05) is 6.07 Å². The number of hydrogen-bond acceptors (Lipinski definition) is 2. The van der Waals surface area contributed by atoms with E-state index < -0.39 is 0 Å². The number of benzene rings is 1. The molecule has 3 heteroatoms. The zero-order chi connectivity index (χ0) is 11.4. The summed E-state index contributed by atoms with van der Waals surface area (Å²) in [6.45, 7) is 3.70. The van der Waals surface area contributed by atoms with Gasteiger partial charge in [-0.3, -0.25) is 0 Å². The molecular formula is C13H18FNO. The molecule has 1 aromatic rings. The summed E-state index contributed by atoms with van der Waals surface area (Å²) in [4.78, 5) is 0. The molecule has 0 aromatic heterocycles. The van der Waals surface area contributed by atoms with Gasteiger partial charge in [0.25, 0.3) is 0 Å². The fourth-order valence-electron chi connectivity index (χ4n) is 2.12. The van der Waals surface area contributed by atoms with E-state index in [0.29, 0.717) is 12.1 Å². The summed E-state index contributed by atoms with van der Waals surface area (Å²) >= 11 is 0. The maximum atomic E-state index is 13.6. The van der Waals surface area contributed by atoms with Gasteiger partial charge in [0.15, 0.2) is 0 Å². The van der Waals surface area contributed by atoms with Gasteiger partial charge in [0, 0.05) is 18.7 Å². The third-order valence-corrected chi connectivity index (χ3v) is 2.92. The molecule has 1 fully saturated rings. The van der Waals surface area contributed by atoms with E-state index >= 15 is 0 Å². The van der Waals surface area contributed by atoms with Crippen LogP contribution in [0.1, 0.15) is 31.4 Å². The first-order valence-electron chi connectivity index (χ1n) is 5.92. The Morgan fingerprint density at radius 3 is 2.94 bits per heavy atom. The molecule has 16 heavy (non-hydrogen) atoms. The predicted molar refractivity (Wildman–Crippen MR) is 61.8 cm³/mol. The molecule has 2 atom stereocenters. The Morgan fingerprint density at radius 1 is 1.38 bits per heavy atom. The minimum absolute atomic E-state index is 0.147. The number of morpholine rings is 1. The predicted octanol–water partition coefficient (Wildman–Crippen LogP) is 2.66. The standard InChI is InChI=1S/C13H18FNO/c1-2-5-10-8-15-9-13(16-10)11-6-3-4-7-12(11)14/h3-4,6-7,10,13,15H,2,5,8-9H2,1H3. The smallest absolute Gasteiger partial charge is 0.129 e. The number of hydrogen-bond donors (Lipinski definition) is 1. The Labute approximate surface area is 95.8 Å². The summed E-state index contributed by atoms with van der Waals surface area (Å²) in [5.41, 5.74) is 0.663. The van der Waals surface area contributed by atoms with Gasteiger partial charge in [-0.25, -0.2) is 4.39 Å². The third-order valence-electron chi connectivity index (χ3n) is 2.92. The van der Waals surface area contributed by atoms with Crippen molar-refractivity contribution < 1.29 is 9.13 Å². The lowest BCUT2D eigenvalue weighted by Crippen LogP contribution is -2.40. The Morgan fingerprint density at radius 2 is 2.19 bits per heavy atom. The molecule has 0 aliphatic carbocycles. The van der Waals surface area contributed by atoms with E-state index in [1.54, 1.807) is 12.1 Å². The van der Waals surface area contributed by atoms with E-state index in [4.69, 9.17) is 4.74 Å². The van der Waals surface area contributed by atoms with Crippen molar-refractivity contribution in [1.29, 1.82) is 0 Å². The molecule has 0 amide bonds. The summed E-state index contributed by atoms with van der Waals surface area (Å²) in [6.07, 6.45) is 2.18. The Hall–Kier alpha value is -0.930. The molecular weight excluding hydrogens is 205 g/mol. The minimum Gasteiger partial charge on any atom is -0.368 e. The van der Waals surface area contributed by atoms with Crippen LogP contribution in [0.25, 0.3) is 0 Å². The second-order valence-electron chi connectivity index (χ2n) is 4.22. The molecule has 0 bridgehead atoms. The lowest BCUT2D eigenvalue weighted by molar-refractivity contribution is -0.0439. The minimum atomic E-state index is -0.175. The third kappa shape index (κ3) is 2.60. The van der Waals surface area contributed by atoms with Gasteiger partial charge in [-0.1, -0.05) is 31.5 Å². The highest BCUT2D eigenvalue weighted by atomic mass is 19.1. The van der Waals surface area contributed by atoms with E-state index in [9.17, 15) is 4.39 Å². The van der Waals surface area contributed by atoms with E-state index in [2.05, 4.69) is 12.2 Å². The highest BCUT2D eigenvalue weighted by Gasteiger charge is 2.24. The maximum absolute atomic E-state index is 13.6. The zero-order valence-electron chi connectivity index (χ0n) is 9.58. The van der Waals surface area contributed by atoms with E-state index in [-0.39, 0.29) is 18.0 Å². The molecule has 1 aromatic carbocycles. The summed E-state index contributed by atoms with van der Waals surface area (Å²) in [5, 5.41) is 3.30. The van der Waals surface area contributed by atoms with Crippen molar-refractivity contribution in [3.63, 3.8) is 0 Å². The van der Waals surface area contributed by atoms with Gasteiger partial charge >= 0.3 is 0 Å². The van der Waals surface area contributed by atoms with Gasteiger partial charge in [0.2, 0.25) is 0 Å². The van der Waals surface area contributed by atoms with Crippen LogP contribution < -0.4 is 5.32 Å². The summed E-state index contributed by atoms with van der Waals surface area (Å²) in [6, 6.07) is 6.85. The molecule has 1 heterocycles. The van der Waals surface area contributed by atoms with Crippen LogP contribution in [0, 0.1) is 5.82 Å². The molecule has 1 aliphatic heterocycles. The topological polar surface area (TPSA) is 21.3 Å². The van der Waals surface area contributed by atoms with Crippen LogP contribution in [0.5, 0.6) is 0 Å². The molecule has 1 N–H and O–H groups in total. The normalized spacial score (nSPS) is 25.6. The molecule has 2 rings (SSSR count). The van der Waals surface area contributed by atoms with Gasteiger partial charge in [0.1, 0.15) is 5.82 Å². The molecule has 0 saturated carbocycles. The van der Waals surface area contributed by atoms with Crippen LogP contribution in [-0.2, 0) is 4.74 Å². The lowest BCUT2D eigenvalue weighted by Gasteiger charge is -2.31. The number of rotatable bonds is 3. The van der Waals surface area contributed by atoms with Gasteiger partial charge in [-0.2, -0.15) is 0 Å². The second-order valence-corrected chi connectivity index (χ2v) is 4.22. The SMILES string of the molecule is CCCC1CNCC(c2ccccc2F)O1. The van der Waals surface area contributed by atoms with Crippen LogP contribution in [0.15, 0.2) is 24.3 Å². The van der Waals surface area contributed by atoms with Gasteiger partial charge in [0.05, 0.1) is 12.2 Å². The van der Waals surface area contributed by atoms with Crippen molar-refractivity contribution in [2.24, 2.45) is 0 Å². The van der Waals surface area contributed by atoms with Gasteiger partial charge in [-0.15, -0.1) is 0 Å². The Balaban J connectivity index is 2.07. The van der Waals surface area contributed by atoms with Crippen LogP contribution in [-0.4, -0.2) is 19.2 Å². The van der Waals surface area contributed by atoms with Crippen molar-refractivity contribution in [1.82, 2.24) is 5.32 Å². The molecule has 0 radical (unpaired) electrons. The fourth-order valence-corrected chi connectivity index (χ4v) is 2.12. The van der Waals surface area contributed by atoms with Crippen molar-refractivity contribution in [2.45, 2.75) is 32.0 Å². The fraction of sp³-hybridized carbons (Fsp3) is 0.538. The monoisotopic (exact) mass is 223 g/mol. The average molecular weight is 223 g/mol. The van der Waals surface area contributed by atoms with Crippen LogP contribution in [0.3, 0.4) is 0 Å². The van der Waals surface area contributed by atoms with Crippen molar-refractivity contribution in [3.05, 3.63) is 35.6 Å². The number of halogens is 1. The summed E-state index contributed by atoms with van der Waals surface area (Å²) < 4.78 is 19.5. The molecule has 1 aliphatic rings. The first-order chi connectivity index (χ1) is 7.81. The largest absolute Gasteiger partial charge is 0.368 e. The first-order valence-corrected chi connectivity index (χ1v) is 5.92.